The molecule has 1 rings (SSSR count). The van der Waals surface area contributed by atoms with Crippen LogP contribution in [0.5, 0.6) is 0 Å². The van der Waals surface area contributed by atoms with Gasteiger partial charge in [-0.2, -0.15) is 0 Å². The van der Waals surface area contributed by atoms with Gasteiger partial charge in [0.05, 0.1) is 34.9 Å². The van der Waals surface area contributed by atoms with Gasteiger partial charge in [-0.3, -0.25) is 5.41 Å². The monoisotopic (exact) mass is 336 g/mol. The van der Waals surface area contributed by atoms with Crippen molar-refractivity contribution in [3.8, 4) is 0 Å². The van der Waals surface area contributed by atoms with E-state index in [4.69, 9.17) is 11.1 Å². The van der Waals surface area contributed by atoms with E-state index in [1.54, 1.807) is 15.2 Å². The molecule has 0 amide bonds. The maximum atomic E-state index is 13.5. The fraction of sp³-hybridized carbons (Fsp3) is 0.300. The third-order valence-corrected chi connectivity index (χ3v) is 2.81. The van der Waals surface area contributed by atoms with Gasteiger partial charge in [-0.15, -0.1) is 0 Å². The quantitative estimate of drug-likeness (QED) is 0.322. The highest BCUT2D eigenvalue weighted by Crippen LogP contribution is 2.15. The van der Waals surface area contributed by atoms with Crippen molar-refractivity contribution in [2.75, 3.05) is 18.4 Å². The van der Waals surface area contributed by atoms with Gasteiger partial charge in [-0.1, -0.05) is 6.07 Å². The van der Waals surface area contributed by atoms with E-state index in [2.05, 4.69) is 5.32 Å². The Bertz CT molecular complexity index is 359. The summed E-state index contributed by atoms with van der Waals surface area (Å²) in [5, 5.41) is 9.93. The van der Waals surface area contributed by atoms with Crippen molar-refractivity contribution in [1.29, 1.82) is 5.41 Å². The van der Waals surface area contributed by atoms with E-state index in [9.17, 15) is 4.39 Å². The molecule has 0 saturated carbocycles. The van der Waals surface area contributed by atoms with E-state index in [0.717, 1.165) is 5.56 Å². The molecular formula is C10H14FIN4. The van der Waals surface area contributed by atoms with Crippen LogP contribution in [-0.4, -0.2) is 22.5 Å². The van der Waals surface area contributed by atoms with Gasteiger partial charge >= 0.3 is 0 Å². The van der Waals surface area contributed by atoms with E-state index in [1.807, 2.05) is 22.9 Å². The van der Waals surface area contributed by atoms with Gasteiger partial charge < -0.3 is 14.2 Å². The van der Waals surface area contributed by atoms with Crippen LogP contribution in [0.4, 0.5) is 10.1 Å². The first-order valence-corrected chi connectivity index (χ1v) is 5.79. The second kappa shape index (κ2) is 6.64. The molecule has 0 atom stereocenters. The number of halogens is 2. The molecule has 4 N–H and O–H groups in total. The number of nitrogens with one attached hydrogen (secondary N) is 2. The number of hydrogen-bond acceptors (Lipinski definition) is 3. The predicted molar refractivity (Wildman–Crippen MR) is 72.3 cm³/mol. The number of nitrogens with two attached hydrogens (primary N) is 1. The Morgan fingerprint density at radius 3 is 2.88 bits per heavy atom. The Kier molecular flexibility index (Phi) is 5.47. The average Bonchev–Trinajstić information content (AvgIpc) is 2.30. The maximum absolute atomic E-state index is 13.5. The highest BCUT2D eigenvalue weighted by Gasteiger charge is 2.02. The Balaban J connectivity index is 2.51. The fourth-order valence-corrected chi connectivity index (χ4v) is 1.43. The van der Waals surface area contributed by atoms with Crippen LogP contribution in [0.3, 0.4) is 0 Å². The van der Waals surface area contributed by atoms with Gasteiger partial charge in [0.25, 0.3) is 0 Å². The molecule has 0 spiro atoms. The first-order valence-electron chi connectivity index (χ1n) is 4.82. The summed E-state index contributed by atoms with van der Waals surface area (Å²) in [6.07, 6.45) is 1.22. The minimum atomic E-state index is -0.294. The Hall–Kier alpha value is -0.890. The molecule has 0 aliphatic rings. The lowest BCUT2D eigenvalue weighted by molar-refractivity contribution is 0.626. The standard InChI is InChI=1S/C10H14FIN4/c11-9-5-8(6-13)1-2-10(9)15-3-4-16(12)7-14/h1-2,5,7,14-15H,3-4,6,13H2. The lowest BCUT2D eigenvalue weighted by atomic mass is 10.2. The number of nitrogens with zero attached hydrogens (tertiary/aromatic N) is 1. The number of rotatable bonds is 6. The predicted octanol–water partition coefficient (Wildman–Crippen LogP) is 1.96. The first kappa shape index (κ1) is 13.2. The topological polar surface area (TPSA) is 65.1 Å². The maximum Gasteiger partial charge on any atom is 0.146 e. The molecule has 0 saturated heterocycles. The lowest BCUT2D eigenvalue weighted by Crippen LogP contribution is -2.18. The van der Waals surface area contributed by atoms with Crippen molar-refractivity contribution < 1.29 is 4.39 Å². The lowest BCUT2D eigenvalue weighted by Gasteiger charge is -2.12. The third-order valence-electron chi connectivity index (χ3n) is 2.05. The molecule has 1 aromatic rings. The molecule has 0 aliphatic heterocycles. The summed E-state index contributed by atoms with van der Waals surface area (Å²) in [6.45, 7) is 1.56. The van der Waals surface area contributed by atoms with Gasteiger partial charge in [0.2, 0.25) is 0 Å². The Morgan fingerprint density at radius 2 is 2.31 bits per heavy atom. The molecule has 6 heteroatoms. The number of anilines is 1. The molecule has 0 unspecified atom stereocenters. The van der Waals surface area contributed by atoms with Crippen LogP contribution in [0.1, 0.15) is 5.56 Å². The zero-order valence-electron chi connectivity index (χ0n) is 8.71. The smallest absolute Gasteiger partial charge is 0.146 e. The molecule has 88 valence electrons. The second-order valence-electron chi connectivity index (χ2n) is 3.20. The summed E-state index contributed by atoms with van der Waals surface area (Å²) in [6, 6.07) is 4.91. The summed E-state index contributed by atoms with van der Waals surface area (Å²) in [5.74, 6) is -0.294. The zero-order valence-corrected chi connectivity index (χ0v) is 10.9. The summed E-state index contributed by atoms with van der Waals surface area (Å²) in [7, 11) is 0. The summed E-state index contributed by atoms with van der Waals surface area (Å²) in [4.78, 5) is 0. The van der Waals surface area contributed by atoms with Gasteiger partial charge in [0, 0.05) is 19.6 Å². The minimum Gasteiger partial charge on any atom is -0.381 e. The average molecular weight is 336 g/mol. The van der Waals surface area contributed by atoms with Gasteiger partial charge in [0.15, 0.2) is 0 Å². The van der Waals surface area contributed by atoms with Crippen LogP contribution in [0.25, 0.3) is 0 Å². The van der Waals surface area contributed by atoms with Crippen molar-refractivity contribution in [1.82, 2.24) is 3.11 Å². The van der Waals surface area contributed by atoms with Crippen molar-refractivity contribution in [3.63, 3.8) is 0 Å². The zero-order chi connectivity index (χ0) is 12.0. The third kappa shape index (κ3) is 3.93. The number of benzene rings is 1. The van der Waals surface area contributed by atoms with Gasteiger partial charge in [-0.25, -0.2) is 4.39 Å². The Labute approximate surface area is 108 Å². The molecule has 0 bridgehead atoms. The molecule has 0 aliphatic carbocycles. The van der Waals surface area contributed by atoms with Crippen LogP contribution in [-0.2, 0) is 6.54 Å². The highest BCUT2D eigenvalue weighted by molar-refractivity contribution is 14.1. The van der Waals surface area contributed by atoms with E-state index in [-0.39, 0.29) is 5.82 Å². The van der Waals surface area contributed by atoms with Crippen molar-refractivity contribution in [3.05, 3.63) is 29.6 Å². The molecular weight excluding hydrogens is 322 g/mol. The van der Waals surface area contributed by atoms with E-state index >= 15 is 0 Å². The van der Waals surface area contributed by atoms with Gasteiger partial charge in [-0.05, 0) is 17.7 Å². The molecule has 16 heavy (non-hydrogen) atoms. The van der Waals surface area contributed by atoms with E-state index in [0.29, 0.717) is 25.3 Å². The first-order chi connectivity index (χ1) is 7.67. The summed E-state index contributed by atoms with van der Waals surface area (Å²) >= 11 is 2.01. The van der Waals surface area contributed by atoms with Crippen LogP contribution in [0, 0.1) is 11.2 Å². The molecule has 0 aromatic heterocycles. The van der Waals surface area contributed by atoms with Crippen molar-refractivity contribution in [2.24, 2.45) is 5.73 Å². The van der Waals surface area contributed by atoms with Crippen molar-refractivity contribution >= 4 is 34.9 Å². The molecule has 4 nitrogen and oxygen atoms in total. The Morgan fingerprint density at radius 1 is 1.56 bits per heavy atom. The second-order valence-corrected chi connectivity index (χ2v) is 4.44. The summed E-state index contributed by atoms with van der Waals surface area (Å²) in [5.41, 5.74) is 6.65. The molecule has 0 radical (unpaired) electrons. The SMILES string of the molecule is N=CN(I)CCNc1ccc(CN)cc1F. The van der Waals surface area contributed by atoms with E-state index < -0.39 is 0 Å². The summed E-state index contributed by atoms with van der Waals surface area (Å²) < 4.78 is 15.1. The molecule has 0 fully saturated rings. The normalized spacial score (nSPS) is 9.94. The largest absolute Gasteiger partial charge is 0.381 e. The number of hydrogen-bond donors (Lipinski definition) is 3. The van der Waals surface area contributed by atoms with Crippen LogP contribution >= 0.6 is 22.9 Å². The highest BCUT2D eigenvalue weighted by atomic mass is 127. The fourth-order valence-electron chi connectivity index (χ4n) is 1.19. The minimum absolute atomic E-state index is 0.294. The molecule has 1 aromatic carbocycles. The molecule has 0 heterocycles. The van der Waals surface area contributed by atoms with Crippen LogP contribution in [0.2, 0.25) is 0 Å². The van der Waals surface area contributed by atoms with Crippen LogP contribution < -0.4 is 11.1 Å². The van der Waals surface area contributed by atoms with E-state index in [1.165, 1.54) is 12.4 Å². The van der Waals surface area contributed by atoms with Crippen molar-refractivity contribution in [2.45, 2.75) is 6.54 Å². The van der Waals surface area contributed by atoms with Crippen LogP contribution in [0.15, 0.2) is 18.2 Å². The van der Waals surface area contributed by atoms with Gasteiger partial charge in [0.1, 0.15) is 5.82 Å².